The lowest BCUT2D eigenvalue weighted by Gasteiger charge is -2.32. The molecule has 2 amide bonds. The van der Waals surface area contributed by atoms with Crippen molar-refractivity contribution in [2.45, 2.75) is 32.4 Å². The van der Waals surface area contributed by atoms with Gasteiger partial charge in [0.2, 0.25) is 0 Å². The smallest absolute Gasteiger partial charge is 0.329 e. The Morgan fingerprint density at radius 3 is 2.53 bits per heavy atom. The van der Waals surface area contributed by atoms with Gasteiger partial charge in [-0.25, -0.2) is 9.59 Å². The highest BCUT2D eigenvalue weighted by atomic mass is 16.4. The molecule has 0 saturated heterocycles. The number of carbonyl (C=O) groups is 2. The number of nitrogens with zero attached hydrogens (tertiary/aromatic N) is 3. The number of carboxylic acid groups (broad SMARTS) is 1. The van der Waals surface area contributed by atoms with Gasteiger partial charge in [-0.2, -0.15) is 5.10 Å². The molecule has 0 fully saturated rings. The molecule has 1 heterocycles. The average Bonchev–Trinajstić information content (AvgIpc) is 2.74. The summed E-state index contributed by atoms with van der Waals surface area (Å²) < 4.78 is 1.64. The summed E-state index contributed by atoms with van der Waals surface area (Å²) in [6.45, 7) is 4.77. The van der Waals surface area contributed by atoms with E-state index in [4.69, 9.17) is 5.11 Å². The van der Waals surface area contributed by atoms with Gasteiger partial charge in [-0.3, -0.25) is 4.68 Å². The van der Waals surface area contributed by atoms with Crippen LogP contribution in [0.2, 0.25) is 0 Å². The minimum absolute atomic E-state index is 0.242. The second-order valence-electron chi connectivity index (χ2n) is 5.04. The molecule has 19 heavy (non-hydrogen) atoms. The normalized spacial score (nSPS) is 12.9. The molecule has 0 aromatic carbocycles. The lowest BCUT2D eigenvalue weighted by molar-refractivity contribution is -0.146. The summed E-state index contributed by atoms with van der Waals surface area (Å²) in [5, 5.41) is 15.8. The van der Waals surface area contributed by atoms with E-state index in [-0.39, 0.29) is 6.04 Å². The van der Waals surface area contributed by atoms with Crippen LogP contribution >= 0.6 is 0 Å². The zero-order valence-electron chi connectivity index (χ0n) is 11.8. The monoisotopic (exact) mass is 268 g/mol. The van der Waals surface area contributed by atoms with Crippen LogP contribution in [0.25, 0.3) is 0 Å². The lowest BCUT2D eigenvalue weighted by atomic mass is 10.0. The summed E-state index contributed by atoms with van der Waals surface area (Å²) in [5.74, 6) is -1.06. The van der Waals surface area contributed by atoms with Gasteiger partial charge in [0.15, 0.2) is 0 Å². The predicted octanol–water partition coefficient (Wildman–Crippen LogP) is 0.986. The fourth-order valence-corrected chi connectivity index (χ4v) is 1.43. The van der Waals surface area contributed by atoms with Crippen molar-refractivity contribution in [3.05, 3.63) is 18.0 Å². The zero-order chi connectivity index (χ0) is 14.8. The highest BCUT2D eigenvalue weighted by molar-refractivity contribution is 5.85. The Bertz CT molecular complexity index is 481. The first kappa shape index (κ1) is 15.0. The van der Waals surface area contributed by atoms with Crippen LogP contribution in [0.4, 0.5) is 4.79 Å². The number of aromatic nitrogens is 2. The first-order chi connectivity index (χ1) is 8.66. The predicted molar refractivity (Wildman–Crippen MR) is 69.6 cm³/mol. The largest absolute Gasteiger partial charge is 0.480 e. The third-order valence-corrected chi connectivity index (χ3v) is 3.23. The first-order valence-corrected chi connectivity index (χ1v) is 5.92. The lowest BCUT2D eigenvalue weighted by Crippen LogP contribution is -2.54. The number of nitrogens with one attached hydrogen (secondary N) is 1. The molecular weight excluding hydrogens is 248 g/mol. The highest BCUT2D eigenvalue weighted by Gasteiger charge is 2.35. The molecule has 1 aromatic heterocycles. The quantitative estimate of drug-likeness (QED) is 0.852. The van der Waals surface area contributed by atoms with Crippen molar-refractivity contribution in [1.82, 2.24) is 20.0 Å². The molecule has 0 saturated carbocycles. The Kier molecular flexibility index (Phi) is 4.18. The molecule has 1 aromatic rings. The molecule has 2 N–H and O–H groups in total. The van der Waals surface area contributed by atoms with Crippen LogP contribution in [-0.2, 0) is 11.8 Å². The van der Waals surface area contributed by atoms with E-state index in [1.165, 1.54) is 25.8 Å². The van der Waals surface area contributed by atoms with Crippen molar-refractivity contribution in [3.8, 4) is 0 Å². The molecule has 7 nitrogen and oxygen atoms in total. The van der Waals surface area contributed by atoms with Crippen molar-refractivity contribution in [3.63, 3.8) is 0 Å². The van der Waals surface area contributed by atoms with E-state index in [1.54, 1.807) is 24.1 Å². The third kappa shape index (κ3) is 3.24. The molecule has 1 unspecified atom stereocenters. The van der Waals surface area contributed by atoms with Crippen LogP contribution in [0.15, 0.2) is 12.4 Å². The maximum atomic E-state index is 12.0. The summed E-state index contributed by atoms with van der Waals surface area (Å²) in [6.07, 6.45) is 3.46. The van der Waals surface area contributed by atoms with Crippen molar-refractivity contribution < 1.29 is 14.7 Å². The average molecular weight is 268 g/mol. The van der Waals surface area contributed by atoms with Crippen LogP contribution in [0.5, 0.6) is 0 Å². The van der Waals surface area contributed by atoms with E-state index in [1.807, 2.05) is 6.92 Å². The first-order valence-electron chi connectivity index (χ1n) is 5.92. The van der Waals surface area contributed by atoms with E-state index in [0.29, 0.717) is 0 Å². The Morgan fingerprint density at radius 1 is 1.53 bits per heavy atom. The number of aliphatic carboxylic acids is 1. The zero-order valence-corrected chi connectivity index (χ0v) is 11.8. The van der Waals surface area contributed by atoms with E-state index in [2.05, 4.69) is 10.4 Å². The van der Waals surface area contributed by atoms with Gasteiger partial charge in [-0.15, -0.1) is 0 Å². The van der Waals surface area contributed by atoms with Gasteiger partial charge in [0.1, 0.15) is 5.54 Å². The Hall–Kier alpha value is -2.05. The summed E-state index contributed by atoms with van der Waals surface area (Å²) >= 11 is 0. The fourth-order valence-electron chi connectivity index (χ4n) is 1.43. The number of urea groups is 1. The number of carbonyl (C=O) groups excluding carboxylic acids is 1. The van der Waals surface area contributed by atoms with E-state index >= 15 is 0 Å². The number of carboxylic acids is 1. The maximum absolute atomic E-state index is 12.0. The van der Waals surface area contributed by atoms with Crippen molar-refractivity contribution >= 4 is 12.0 Å². The highest BCUT2D eigenvalue weighted by Crippen LogP contribution is 2.15. The van der Waals surface area contributed by atoms with Crippen LogP contribution < -0.4 is 5.32 Å². The molecule has 1 rings (SSSR count). The van der Waals surface area contributed by atoms with Crippen LogP contribution in [0.3, 0.4) is 0 Å². The third-order valence-electron chi connectivity index (χ3n) is 3.23. The minimum atomic E-state index is -1.27. The van der Waals surface area contributed by atoms with E-state index in [9.17, 15) is 9.59 Å². The number of hydrogen-bond donors (Lipinski definition) is 2. The molecule has 0 spiro atoms. The molecule has 1 atom stereocenters. The van der Waals surface area contributed by atoms with Crippen molar-refractivity contribution in [2.75, 3.05) is 7.05 Å². The molecule has 7 heteroatoms. The van der Waals surface area contributed by atoms with E-state index < -0.39 is 17.5 Å². The molecule has 0 aliphatic heterocycles. The van der Waals surface area contributed by atoms with Crippen LogP contribution in [-0.4, -0.2) is 44.4 Å². The van der Waals surface area contributed by atoms with Gasteiger partial charge in [0.05, 0.1) is 12.2 Å². The second-order valence-corrected chi connectivity index (χ2v) is 5.04. The van der Waals surface area contributed by atoms with E-state index in [0.717, 1.165) is 5.56 Å². The summed E-state index contributed by atoms with van der Waals surface area (Å²) in [7, 11) is 3.25. The van der Waals surface area contributed by atoms with Crippen molar-refractivity contribution in [1.29, 1.82) is 0 Å². The van der Waals surface area contributed by atoms with Gasteiger partial charge in [-0.1, -0.05) is 0 Å². The Morgan fingerprint density at radius 2 is 2.11 bits per heavy atom. The SMILES string of the molecule is CC(NC(=O)N(C)C(C)(C)C(=O)O)c1cnn(C)c1. The van der Waals surface area contributed by atoms with Gasteiger partial charge < -0.3 is 15.3 Å². The summed E-state index contributed by atoms with van der Waals surface area (Å²) in [4.78, 5) is 24.3. The Balaban J connectivity index is 2.72. The standard InChI is InChI=1S/C12H20N4O3/c1-8(9-6-13-15(4)7-9)14-11(19)16(5)12(2,3)10(17)18/h6-8H,1-5H3,(H,14,19)(H,17,18). The molecule has 0 radical (unpaired) electrons. The number of aryl methyl sites for hydroxylation is 1. The van der Waals surface area contributed by atoms with Crippen molar-refractivity contribution in [2.24, 2.45) is 7.05 Å². The maximum Gasteiger partial charge on any atom is 0.329 e. The molecule has 0 bridgehead atoms. The Labute approximate surface area is 112 Å². The molecular formula is C12H20N4O3. The second kappa shape index (κ2) is 5.29. The minimum Gasteiger partial charge on any atom is -0.480 e. The van der Waals surface area contributed by atoms with Gasteiger partial charge in [0, 0.05) is 25.9 Å². The van der Waals surface area contributed by atoms with Gasteiger partial charge in [-0.05, 0) is 20.8 Å². The number of rotatable bonds is 4. The molecule has 106 valence electrons. The van der Waals surface area contributed by atoms with Gasteiger partial charge >= 0.3 is 12.0 Å². The van der Waals surface area contributed by atoms with Crippen LogP contribution in [0, 0.1) is 0 Å². The fraction of sp³-hybridized carbons (Fsp3) is 0.583. The molecule has 0 aliphatic rings. The number of likely N-dealkylation sites (N-methyl/N-ethyl adjacent to an activating group) is 1. The topological polar surface area (TPSA) is 87.5 Å². The van der Waals surface area contributed by atoms with Crippen LogP contribution in [0.1, 0.15) is 32.4 Å². The number of hydrogen-bond acceptors (Lipinski definition) is 3. The van der Waals surface area contributed by atoms with Gasteiger partial charge in [0.25, 0.3) is 0 Å². The molecule has 0 aliphatic carbocycles. The number of amides is 2. The summed E-state index contributed by atoms with van der Waals surface area (Å²) in [6, 6.07) is -0.683. The summed E-state index contributed by atoms with van der Waals surface area (Å²) in [5.41, 5.74) is -0.406.